The minimum atomic E-state index is -3.83. The van der Waals surface area contributed by atoms with E-state index < -0.39 is 15.8 Å². The zero-order valence-corrected chi connectivity index (χ0v) is 13.5. The van der Waals surface area contributed by atoms with Gasteiger partial charge in [-0.05, 0) is 36.4 Å². The lowest BCUT2D eigenvalue weighted by molar-refractivity contribution is 0.575. The van der Waals surface area contributed by atoms with Crippen LogP contribution in [0, 0.1) is 5.82 Å². The molecule has 24 heavy (non-hydrogen) atoms. The standard InChI is InChI=1S/C16H14FN3O3S/c1-20-15(19-14-5-3-2-4-13(14)16(20)21)10-18-24(22,23)12-8-6-11(17)7-9-12/h2-9,18H,10H2,1H3. The first kappa shape index (κ1) is 16.3. The molecule has 0 saturated heterocycles. The van der Waals surface area contributed by atoms with Gasteiger partial charge in [0.15, 0.2) is 0 Å². The van der Waals surface area contributed by atoms with Gasteiger partial charge in [-0.2, -0.15) is 0 Å². The van der Waals surface area contributed by atoms with E-state index in [-0.39, 0.29) is 22.8 Å². The summed E-state index contributed by atoms with van der Waals surface area (Å²) in [5.41, 5.74) is 0.244. The van der Waals surface area contributed by atoms with Gasteiger partial charge in [0.2, 0.25) is 10.0 Å². The molecule has 124 valence electrons. The average Bonchev–Trinajstić information content (AvgIpc) is 2.57. The van der Waals surface area contributed by atoms with E-state index in [0.29, 0.717) is 10.9 Å². The number of halogens is 1. The molecule has 0 atom stereocenters. The Morgan fingerprint density at radius 1 is 1.12 bits per heavy atom. The highest BCUT2D eigenvalue weighted by atomic mass is 32.2. The number of hydrogen-bond acceptors (Lipinski definition) is 4. The molecule has 0 saturated carbocycles. The van der Waals surface area contributed by atoms with E-state index in [2.05, 4.69) is 9.71 Å². The number of nitrogens with zero attached hydrogens (tertiary/aromatic N) is 2. The fraction of sp³-hybridized carbons (Fsp3) is 0.125. The first-order valence-electron chi connectivity index (χ1n) is 7.08. The van der Waals surface area contributed by atoms with E-state index in [4.69, 9.17) is 0 Å². The van der Waals surface area contributed by atoms with Gasteiger partial charge in [-0.25, -0.2) is 22.5 Å². The van der Waals surface area contributed by atoms with Crippen LogP contribution in [0.2, 0.25) is 0 Å². The van der Waals surface area contributed by atoms with Gasteiger partial charge >= 0.3 is 0 Å². The largest absolute Gasteiger partial charge is 0.298 e. The molecule has 0 bridgehead atoms. The third-order valence-corrected chi connectivity index (χ3v) is 5.04. The van der Waals surface area contributed by atoms with Gasteiger partial charge in [0.05, 0.1) is 22.3 Å². The van der Waals surface area contributed by atoms with Crippen molar-refractivity contribution in [3.63, 3.8) is 0 Å². The fourth-order valence-electron chi connectivity index (χ4n) is 2.28. The van der Waals surface area contributed by atoms with E-state index in [1.807, 2.05) is 0 Å². The van der Waals surface area contributed by atoms with E-state index in [1.165, 1.54) is 23.7 Å². The molecule has 0 spiro atoms. The lowest BCUT2D eigenvalue weighted by Gasteiger charge is -2.11. The molecule has 6 nitrogen and oxygen atoms in total. The van der Waals surface area contributed by atoms with Gasteiger partial charge in [0.25, 0.3) is 5.56 Å². The van der Waals surface area contributed by atoms with Crippen molar-refractivity contribution in [3.05, 3.63) is 70.5 Å². The van der Waals surface area contributed by atoms with Gasteiger partial charge in [0.1, 0.15) is 11.6 Å². The summed E-state index contributed by atoms with van der Waals surface area (Å²) < 4.78 is 41.0. The molecule has 0 aliphatic carbocycles. The molecule has 3 aromatic rings. The Morgan fingerprint density at radius 3 is 2.50 bits per heavy atom. The first-order valence-corrected chi connectivity index (χ1v) is 8.57. The molecular formula is C16H14FN3O3S. The molecule has 2 aromatic carbocycles. The minimum absolute atomic E-state index is 0.0605. The summed E-state index contributed by atoms with van der Waals surface area (Å²) in [5, 5.41) is 0.463. The summed E-state index contributed by atoms with van der Waals surface area (Å²) in [7, 11) is -2.30. The van der Waals surface area contributed by atoms with Crippen LogP contribution in [0.3, 0.4) is 0 Å². The van der Waals surface area contributed by atoms with Gasteiger partial charge < -0.3 is 0 Å². The van der Waals surface area contributed by atoms with Crippen molar-refractivity contribution in [3.8, 4) is 0 Å². The maximum atomic E-state index is 12.9. The second-order valence-electron chi connectivity index (χ2n) is 5.19. The quantitative estimate of drug-likeness (QED) is 0.776. The van der Waals surface area contributed by atoms with Crippen molar-refractivity contribution in [1.82, 2.24) is 14.3 Å². The number of sulfonamides is 1. The van der Waals surface area contributed by atoms with Crippen molar-refractivity contribution in [1.29, 1.82) is 0 Å². The van der Waals surface area contributed by atoms with Gasteiger partial charge in [0, 0.05) is 7.05 Å². The second kappa shape index (κ2) is 6.14. The molecule has 0 amide bonds. The zero-order chi connectivity index (χ0) is 17.3. The SMILES string of the molecule is Cn1c(CNS(=O)(=O)c2ccc(F)cc2)nc2ccccc2c1=O. The number of para-hydroxylation sites is 1. The Balaban J connectivity index is 1.92. The van der Waals surface area contributed by atoms with Crippen LogP contribution in [-0.4, -0.2) is 18.0 Å². The summed E-state index contributed by atoms with van der Waals surface area (Å²) >= 11 is 0. The molecule has 1 heterocycles. The summed E-state index contributed by atoms with van der Waals surface area (Å²) in [6, 6.07) is 11.3. The monoisotopic (exact) mass is 347 g/mol. The van der Waals surface area contributed by atoms with Gasteiger partial charge in [-0.3, -0.25) is 9.36 Å². The summed E-state index contributed by atoms with van der Waals surface area (Å²) in [5.74, 6) is -0.239. The molecule has 1 aromatic heterocycles. The molecule has 0 aliphatic heterocycles. The number of fused-ring (bicyclic) bond motifs is 1. The molecule has 0 unspecified atom stereocenters. The highest BCUT2D eigenvalue weighted by Crippen LogP contribution is 2.11. The van der Waals surface area contributed by atoms with E-state index in [0.717, 1.165) is 12.1 Å². The third-order valence-electron chi connectivity index (χ3n) is 3.62. The molecule has 0 aliphatic rings. The maximum absolute atomic E-state index is 12.9. The maximum Gasteiger partial charge on any atom is 0.261 e. The molecule has 0 radical (unpaired) electrons. The smallest absolute Gasteiger partial charge is 0.261 e. The molecular weight excluding hydrogens is 333 g/mol. The lowest BCUT2D eigenvalue weighted by atomic mass is 10.2. The van der Waals surface area contributed by atoms with E-state index in [1.54, 1.807) is 24.3 Å². The summed E-state index contributed by atoms with van der Waals surface area (Å²) in [4.78, 5) is 16.5. The van der Waals surface area contributed by atoms with Crippen molar-refractivity contribution < 1.29 is 12.8 Å². The van der Waals surface area contributed by atoms with Gasteiger partial charge in [-0.15, -0.1) is 0 Å². The molecule has 0 fully saturated rings. The highest BCUT2D eigenvalue weighted by Gasteiger charge is 2.16. The van der Waals surface area contributed by atoms with Crippen LogP contribution in [0.1, 0.15) is 5.82 Å². The van der Waals surface area contributed by atoms with Crippen LogP contribution in [0.15, 0.2) is 58.2 Å². The molecule has 8 heteroatoms. The Labute approximate surface area is 137 Å². The summed E-state index contributed by atoms with van der Waals surface area (Å²) in [6.07, 6.45) is 0. The van der Waals surface area contributed by atoms with Crippen molar-refractivity contribution in [2.45, 2.75) is 11.4 Å². The number of hydrogen-bond donors (Lipinski definition) is 1. The average molecular weight is 347 g/mol. The third kappa shape index (κ3) is 3.06. The van der Waals surface area contributed by atoms with Crippen LogP contribution in [0.4, 0.5) is 4.39 Å². The number of nitrogens with one attached hydrogen (secondary N) is 1. The number of benzene rings is 2. The number of rotatable bonds is 4. The summed E-state index contributed by atoms with van der Waals surface area (Å²) in [6.45, 7) is -0.156. The Hall–Kier alpha value is -2.58. The number of aromatic nitrogens is 2. The Morgan fingerprint density at radius 2 is 1.79 bits per heavy atom. The minimum Gasteiger partial charge on any atom is -0.298 e. The van der Waals surface area contributed by atoms with Crippen molar-refractivity contribution >= 4 is 20.9 Å². The van der Waals surface area contributed by atoms with Crippen molar-refractivity contribution in [2.24, 2.45) is 7.05 Å². The fourth-order valence-corrected chi connectivity index (χ4v) is 3.26. The first-order chi connectivity index (χ1) is 11.4. The lowest BCUT2D eigenvalue weighted by Crippen LogP contribution is -2.29. The molecule has 3 rings (SSSR count). The van der Waals surface area contributed by atoms with Crippen LogP contribution < -0.4 is 10.3 Å². The normalized spacial score (nSPS) is 11.8. The zero-order valence-electron chi connectivity index (χ0n) is 12.7. The Kier molecular flexibility index (Phi) is 4.16. The van der Waals surface area contributed by atoms with Crippen LogP contribution >= 0.6 is 0 Å². The van der Waals surface area contributed by atoms with Crippen molar-refractivity contribution in [2.75, 3.05) is 0 Å². The predicted octanol–water partition coefficient (Wildman–Crippen LogP) is 1.55. The van der Waals surface area contributed by atoms with Crippen LogP contribution in [0.5, 0.6) is 0 Å². The van der Waals surface area contributed by atoms with Gasteiger partial charge in [-0.1, -0.05) is 12.1 Å². The Bertz CT molecular complexity index is 1060. The van der Waals surface area contributed by atoms with Crippen LogP contribution in [0.25, 0.3) is 10.9 Å². The van der Waals surface area contributed by atoms with Crippen LogP contribution in [-0.2, 0) is 23.6 Å². The topological polar surface area (TPSA) is 81.1 Å². The second-order valence-corrected chi connectivity index (χ2v) is 6.95. The van der Waals surface area contributed by atoms with E-state index >= 15 is 0 Å². The molecule has 1 N–H and O–H groups in total. The predicted molar refractivity (Wildman–Crippen MR) is 87.4 cm³/mol. The highest BCUT2D eigenvalue weighted by molar-refractivity contribution is 7.89. The van der Waals surface area contributed by atoms with E-state index in [9.17, 15) is 17.6 Å².